The number of rotatable bonds is 8. The maximum Gasteiger partial charge on any atom is 0.407 e. The van der Waals surface area contributed by atoms with Crippen molar-refractivity contribution in [1.82, 2.24) is 5.32 Å². The predicted molar refractivity (Wildman–Crippen MR) is 55.4 cm³/mol. The number of hydrogen-bond acceptors (Lipinski definition) is 3. The minimum atomic E-state index is -0.322. The minimum Gasteiger partial charge on any atom is -0.450 e. The van der Waals surface area contributed by atoms with Crippen molar-refractivity contribution >= 4 is 6.09 Å². The first-order valence-electron chi connectivity index (χ1n) is 5.20. The van der Waals surface area contributed by atoms with Crippen molar-refractivity contribution in [2.45, 2.75) is 32.6 Å². The van der Waals surface area contributed by atoms with Gasteiger partial charge in [0.2, 0.25) is 0 Å². The number of alkyl carbamates (subject to hydrolysis) is 1. The number of methoxy groups -OCH3 is 1. The molecular weight excluding hydrogens is 182 g/mol. The first-order valence-corrected chi connectivity index (χ1v) is 5.20. The van der Waals surface area contributed by atoms with Gasteiger partial charge < -0.3 is 14.8 Å². The Kier molecular flexibility index (Phi) is 9.74. The topological polar surface area (TPSA) is 47.6 Å². The molecule has 0 aromatic heterocycles. The van der Waals surface area contributed by atoms with E-state index in [1.807, 2.05) is 0 Å². The van der Waals surface area contributed by atoms with Gasteiger partial charge in [-0.2, -0.15) is 0 Å². The highest BCUT2D eigenvalue weighted by Gasteiger charge is 1.99. The number of ether oxygens (including phenoxy) is 2. The Labute approximate surface area is 86.0 Å². The molecule has 4 heteroatoms. The number of carbonyl (C=O) groups excluding carboxylic acids is 1. The normalized spacial score (nSPS) is 9.86. The second-order valence-corrected chi connectivity index (χ2v) is 3.12. The lowest BCUT2D eigenvalue weighted by molar-refractivity contribution is 0.141. The molecule has 0 aliphatic rings. The summed E-state index contributed by atoms with van der Waals surface area (Å²) < 4.78 is 9.78. The zero-order valence-corrected chi connectivity index (χ0v) is 9.17. The summed E-state index contributed by atoms with van der Waals surface area (Å²) in [5.41, 5.74) is 0. The van der Waals surface area contributed by atoms with Crippen molar-refractivity contribution in [3.8, 4) is 0 Å². The highest BCUT2D eigenvalue weighted by molar-refractivity contribution is 5.66. The molecular formula is C10H21NO3. The Morgan fingerprint density at radius 3 is 2.64 bits per heavy atom. The maximum atomic E-state index is 11.0. The van der Waals surface area contributed by atoms with Crippen molar-refractivity contribution in [3.05, 3.63) is 0 Å². The van der Waals surface area contributed by atoms with Gasteiger partial charge in [-0.3, -0.25) is 0 Å². The van der Waals surface area contributed by atoms with E-state index in [4.69, 9.17) is 9.47 Å². The Hall–Kier alpha value is -0.770. The molecule has 84 valence electrons. The fraction of sp³-hybridized carbons (Fsp3) is 0.900. The number of amides is 1. The van der Waals surface area contributed by atoms with Gasteiger partial charge in [0.15, 0.2) is 0 Å². The largest absolute Gasteiger partial charge is 0.450 e. The van der Waals surface area contributed by atoms with Gasteiger partial charge in [-0.1, -0.05) is 19.8 Å². The molecule has 0 aliphatic heterocycles. The standard InChI is InChI=1S/C10H21NO3/c1-3-4-5-9-14-10(12)11-7-6-8-13-2/h3-9H2,1-2H3,(H,11,12). The van der Waals surface area contributed by atoms with Crippen LogP contribution < -0.4 is 5.32 Å². The molecule has 0 aromatic rings. The van der Waals surface area contributed by atoms with Crippen molar-refractivity contribution in [3.63, 3.8) is 0 Å². The summed E-state index contributed by atoms with van der Waals surface area (Å²) >= 11 is 0. The molecule has 0 saturated heterocycles. The van der Waals surface area contributed by atoms with Crippen LogP contribution in [0, 0.1) is 0 Å². The van der Waals surface area contributed by atoms with Crippen LogP contribution in [0.1, 0.15) is 32.6 Å². The summed E-state index contributed by atoms with van der Waals surface area (Å²) in [6, 6.07) is 0. The molecule has 0 heterocycles. The Morgan fingerprint density at radius 1 is 1.21 bits per heavy atom. The van der Waals surface area contributed by atoms with Gasteiger partial charge >= 0.3 is 6.09 Å². The second-order valence-electron chi connectivity index (χ2n) is 3.12. The Balaban J connectivity index is 3.11. The lowest BCUT2D eigenvalue weighted by Crippen LogP contribution is -2.26. The minimum absolute atomic E-state index is 0.322. The van der Waals surface area contributed by atoms with Crippen LogP contribution in [0.3, 0.4) is 0 Å². The van der Waals surface area contributed by atoms with Crippen LogP contribution in [0.25, 0.3) is 0 Å². The van der Waals surface area contributed by atoms with E-state index in [9.17, 15) is 4.79 Å². The lowest BCUT2D eigenvalue weighted by atomic mass is 10.3. The molecule has 0 saturated carbocycles. The molecule has 0 aromatic carbocycles. The zero-order chi connectivity index (χ0) is 10.6. The summed E-state index contributed by atoms with van der Waals surface area (Å²) in [5.74, 6) is 0. The van der Waals surface area contributed by atoms with Crippen molar-refractivity contribution < 1.29 is 14.3 Å². The molecule has 0 aliphatic carbocycles. The highest BCUT2D eigenvalue weighted by atomic mass is 16.5. The number of unbranched alkanes of at least 4 members (excludes halogenated alkanes) is 2. The van der Waals surface area contributed by atoms with Crippen molar-refractivity contribution in [1.29, 1.82) is 0 Å². The highest BCUT2D eigenvalue weighted by Crippen LogP contribution is 1.94. The summed E-state index contributed by atoms with van der Waals surface area (Å²) in [7, 11) is 1.64. The Morgan fingerprint density at radius 2 is 2.00 bits per heavy atom. The monoisotopic (exact) mass is 203 g/mol. The van der Waals surface area contributed by atoms with Gasteiger partial charge in [0.25, 0.3) is 0 Å². The van der Waals surface area contributed by atoms with Crippen LogP contribution in [0.2, 0.25) is 0 Å². The van der Waals surface area contributed by atoms with Crippen LogP contribution >= 0.6 is 0 Å². The third-order valence-electron chi connectivity index (χ3n) is 1.78. The molecule has 0 atom stereocenters. The summed E-state index contributed by atoms with van der Waals surface area (Å²) in [6.07, 6.45) is 3.69. The van der Waals surface area contributed by atoms with Crippen LogP contribution in [0.15, 0.2) is 0 Å². The number of nitrogens with one attached hydrogen (secondary N) is 1. The van der Waals surface area contributed by atoms with E-state index >= 15 is 0 Å². The first kappa shape index (κ1) is 13.2. The fourth-order valence-electron chi connectivity index (χ4n) is 0.975. The summed E-state index contributed by atoms with van der Waals surface area (Å²) in [4.78, 5) is 11.0. The fourth-order valence-corrected chi connectivity index (χ4v) is 0.975. The third-order valence-corrected chi connectivity index (χ3v) is 1.78. The molecule has 4 nitrogen and oxygen atoms in total. The molecule has 14 heavy (non-hydrogen) atoms. The van der Waals surface area contributed by atoms with E-state index in [0.717, 1.165) is 25.7 Å². The Bertz CT molecular complexity index is 125. The zero-order valence-electron chi connectivity index (χ0n) is 9.17. The lowest BCUT2D eigenvalue weighted by Gasteiger charge is -2.05. The molecule has 0 bridgehead atoms. The number of hydrogen-bond donors (Lipinski definition) is 1. The smallest absolute Gasteiger partial charge is 0.407 e. The average Bonchev–Trinajstić information content (AvgIpc) is 2.19. The van der Waals surface area contributed by atoms with Crippen molar-refractivity contribution in [2.75, 3.05) is 26.9 Å². The molecule has 0 fully saturated rings. The number of carbonyl (C=O) groups is 1. The van der Waals surface area contributed by atoms with E-state index in [1.54, 1.807) is 7.11 Å². The van der Waals surface area contributed by atoms with Crippen molar-refractivity contribution in [2.24, 2.45) is 0 Å². The van der Waals surface area contributed by atoms with E-state index in [-0.39, 0.29) is 6.09 Å². The third kappa shape index (κ3) is 9.32. The predicted octanol–water partition coefficient (Wildman–Crippen LogP) is 1.94. The first-order chi connectivity index (χ1) is 6.81. The molecule has 0 rings (SSSR count). The van der Waals surface area contributed by atoms with E-state index in [2.05, 4.69) is 12.2 Å². The van der Waals surface area contributed by atoms with Gasteiger partial charge in [-0.15, -0.1) is 0 Å². The van der Waals surface area contributed by atoms with E-state index < -0.39 is 0 Å². The van der Waals surface area contributed by atoms with E-state index in [0.29, 0.717) is 19.8 Å². The molecule has 1 N–H and O–H groups in total. The van der Waals surface area contributed by atoms with Crippen LogP contribution in [0.5, 0.6) is 0 Å². The van der Waals surface area contributed by atoms with Gasteiger partial charge in [-0.25, -0.2) is 4.79 Å². The molecule has 0 unspecified atom stereocenters. The molecule has 1 amide bonds. The van der Waals surface area contributed by atoms with Crippen LogP contribution in [-0.2, 0) is 9.47 Å². The van der Waals surface area contributed by atoms with Gasteiger partial charge in [-0.05, 0) is 12.8 Å². The second kappa shape index (κ2) is 10.3. The SMILES string of the molecule is CCCCCOC(=O)NCCCOC. The van der Waals surface area contributed by atoms with Crippen LogP contribution in [-0.4, -0.2) is 33.0 Å². The van der Waals surface area contributed by atoms with Gasteiger partial charge in [0, 0.05) is 20.3 Å². The average molecular weight is 203 g/mol. The quantitative estimate of drug-likeness (QED) is 0.613. The van der Waals surface area contributed by atoms with Gasteiger partial charge in [0.1, 0.15) is 0 Å². The molecule has 0 spiro atoms. The van der Waals surface area contributed by atoms with Gasteiger partial charge in [0.05, 0.1) is 6.61 Å². The molecule has 0 radical (unpaired) electrons. The maximum absolute atomic E-state index is 11.0. The van der Waals surface area contributed by atoms with Crippen LogP contribution in [0.4, 0.5) is 4.79 Å². The van der Waals surface area contributed by atoms with E-state index in [1.165, 1.54) is 0 Å². The summed E-state index contributed by atoms with van der Waals surface area (Å²) in [6.45, 7) is 3.91. The summed E-state index contributed by atoms with van der Waals surface area (Å²) in [5, 5.41) is 2.65.